The highest BCUT2D eigenvalue weighted by molar-refractivity contribution is 6.01. The maximum absolute atomic E-state index is 14.0. The molecule has 1 fully saturated rings. The molecule has 1 unspecified atom stereocenters. The van der Waals surface area contributed by atoms with E-state index in [1.54, 1.807) is 12.4 Å². The van der Waals surface area contributed by atoms with E-state index in [1.807, 2.05) is 48.4 Å². The van der Waals surface area contributed by atoms with Gasteiger partial charge < -0.3 is 14.5 Å². The number of rotatable bonds is 7. The molecule has 33 heavy (non-hydrogen) atoms. The molecule has 0 N–H and O–H groups in total. The Hall–Kier alpha value is -3.41. The third kappa shape index (κ3) is 5.16. The van der Waals surface area contributed by atoms with Crippen LogP contribution in [0.15, 0.2) is 72.9 Å². The van der Waals surface area contributed by atoms with Crippen LogP contribution >= 0.6 is 0 Å². The van der Waals surface area contributed by atoms with Gasteiger partial charge in [-0.05, 0) is 55.9 Å². The van der Waals surface area contributed by atoms with E-state index in [1.165, 1.54) is 0 Å². The lowest BCUT2D eigenvalue weighted by molar-refractivity contribution is -0.129. The standard InChI is InChI=1S/C27H32N4O2/c1-4-22-17-28-27(29-18-22)33-19-24-14-10-16-31(24)26(32)25(30-15-9-8-11-20(30)2)21(3)23-12-6-5-7-13-23/h5-9,11-13,15,17-18,20,24H,4,10,14,16,19H2,1-3H3/b25-21+/t20?,24-/m0/s1. The van der Waals surface area contributed by atoms with Crippen LogP contribution in [0.5, 0.6) is 6.01 Å². The van der Waals surface area contributed by atoms with E-state index >= 15 is 0 Å². The number of carbonyl (C=O) groups is 1. The maximum atomic E-state index is 14.0. The van der Waals surface area contributed by atoms with Gasteiger partial charge in [-0.15, -0.1) is 0 Å². The van der Waals surface area contributed by atoms with Crippen molar-refractivity contribution >= 4 is 11.5 Å². The molecular weight excluding hydrogens is 412 g/mol. The van der Waals surface area contributed by atoms with Gasteiger partial charge >= 0.3 is 6.01 Å². The summed E-state index contributed by atoms with van der Waals surface area (Å²) in [5.41, 5.74) is 3.80. The fourth-order valence-corrected chi connectivity index (χ4v) is 4.35. The van der Waals surface area contributed by atoms with Crippen molar-refractivity contribution in [3.8, 4) is 6.01 Å². The molecule has 2 aromatic rings. The summed E-state index contributed by atoms with van der Waals surface area (Å²) in [6.07, 6.45) is 14.4. The molecule has 0 aliphatic carbocycles. The molecule has 4 rings (SSSR count). The lowest BCUT2D eigenvalue weighted by Crippen LogP contribution is -2.44. The first-order valence-corrected chi connectivity index (χ1v) is 11.7. The van der Waals surface area contributed by atoms with E-state index < -0.39 is 0 Å². The Bertz CT molecular complexity index is 1040. The van der Waals surface area contributed by atoms with Crippen molar-refractivity contribution < 1.29 is 9.53 Å². The van der Waals surface area contributed by atoms with Crippen molar-refractivity contribution in [3.05, 3.63) is 84.0 Å². The van der Waals surface area contributed by atoms with Gasteiger partial charge in [-0.2, -0.15) is 0 Å². The van der Waals surface area contributed by atoms with Crippen LogP contribution in [0.3, 0.4) is 0 Å². The van der Waals surface area contributed by atoms with Gasteiger partial charge in [0.1, 0.15) is 12.3 Å². The van der Waals surface area contributed by atoms with Crippen molar-refractivity contribution in [1.29, 1.82) is 0 Å². The Kier molecular flexibility index (Phi) is 7.23. The first-order valence-electron chi connectivity index (χ1n) is 11.7. The molecule has 0 bridgehead atoms. The average molecular weight is 445 g/mol. The monoisotopic (exact) mass is 444 g/mol. The van der Waals surface area contributed by atoms with Crippen LogP contribution in [0, 0.1) is 0 Å². The summed E-state index contributed by atoms with van der Waals surface area (Å²) >= 11 is 0. The van der Waals surface area contributed by atoms with Gasteiger partial charge in [0, 0.05) is 31.2 Å². The van der Waals surface area contributed by atoms with Gasteiger partial charge in [0.15, 0.2) is 0 Å². The molecule has 0 saturated carbocycles. The summed E-state index contributed by atoms with van der Waals surface area (Å²) in [6.45, 7) is 7.31. The predicted octanol–water partition coefficient (Wildman–Crippen LogP) is 4.61. The number of benzene rings is 1. The Morgan fingerprint density at radius 1 is 1.15 bits per heavy atom. The molecule has 1 amide bonds. The van der Waals surface area contributed by atoms with E-state index in [0.29, 0.717) is 18.3 Å². The van der Waals surface area contributed by atoms with Gasteiger partial charge in [-0.1, -0.05) is 49.4 Å². The second-order valence-electron chi connectivity index (χ2n) is 8.55. The van der Waals surface area contributed by atoms with Gasteiger partial charge in [-0.25, -0.2) is 9.97 Å². The minimum absolute atomic E-state index is 0.00913. The van der Waals surface area contributed by atoms with E-state index in [9.17, 15) is 4.79 Å². The fraction of sp³-hybridized carbons (Fsp3) is 0.370. The molecule has 6 heteroatoms. The van der Waals surface area contributed by atoms with Crippen LogP contribution in [0.4, 0.5) is 0 Å². The molecule has 172 valence electrons. The first-order chi connectivity index (χ1) is 16.1. The number of likely N-dealkylation sites (tertiary alicyclic amines) is 1. The van der Waals surface area contributed by atoms with Crippen molar-refractivity contribution in [2.75, 3.05) is 13.2 Å². The molecule has 1 aromatic carbocycles. The molecule has 0 radical (unpaired) electrons. The molecule has 6 nitrogen and oxygen atoms in total. The third-order valence-corrected chi connectivity index (χ3v) is 6.34. The summed E-state index contributed by atoms with van der Waals surface area (Å²) in [4.78, 5) is 26.6. The number of hydrogen-bond acceptors (Lipinski definition) is 5. The van der Waals surface area contributed by atoms with E-state index in [-0.39, 0.29) is 18.0 Å². The summed E-state index contributed by atoms with van der Waals surface area (Å²) in [5, 5.41) is 0. The van der Waals surface area contributed by atoms with Gasteiger partial charge in [0.05, 0.1) is 6.04 Å². The Morgan fingerprint density at radius 3 is 2.61 bits per heavy atom. The highest BCUT2D eigenvalue weighted by atomic mass is 16.5. The van der Waals surface area contributed by atoms with E-state index in [4.69, 9.17) is 4.74 Å². The number of carbonyl (C=O) groups excluding carboxylic acids is 1. The largest absolute Gasteiger partial charge is 0.461 e. The number of hydrogen-bond donors (Lipinski definition) is 0. The number of amides is 1. The minimum atomic E-state index is -0.00913. The number of aromatic nitrogens is 2. The topological polar surface area (TPSA) is 58.6 Å². The minimum Gasteiger partial charge on any atom is -0.461 e. The van der Waals surface area contributed by atoms with E-state index in [0.717, 1.165) is 42.5 Å². The molecule has 2 aliphatic rings. The second-order valence-corrected chi connectivity index (χ2v) is 8.55. The third-order valence-electron chi connectivity index (χ3n) is 6.34. The number of allylic oxidation sites excluding steroid dienone is 3. The van der Waals surface area contributed by atoms with Crippen LogP contribution < -0.4 is 4.74 Å². The quantitative estimate of drug-likeness (QED) is 0.584. The van der Waals surface area contributed by atoms with Crippen molar-refractivity contribution in [2.24, 2.45) is 0 Å². The first kappa shape index (κ1) is 22.8. The van der Waals surface area contributed by atoms with Crippen LogP contribution in [0.2, 0.25) is 0 Å². The fourth-order valence-electron chi connectivity index (χ4n) is 4.35. The highest BCUT2D eigenvalue weighted by Crippen LogP contribution is 2.29. The number of nitrogens with zero attached hydrogens (tertiary/aromatic N) is 4. The SMILES string of the molecule is CCc1cnc(OC[C@@H]2CCCN2C(=O)/C(=C(/C)c2ccccc2)N2C=CC=CC2C)nc1. The molecule has 2 aliphatic heterocycles. The van der Waals surface area contributed by atoms with Crippen molar-refractivity contribution in [1.82, 2.24) is 19.8 Å². The maximum Gasteiger partial charge on any atom is 0.316 e. The molecular formula is C27H32N4O2. The van der Waals surface area contributed by atoms with Crippen LogP contribution in [0.1, 0.15) is 44.7 Å². The predicted molar refractivity (Wildman–Crippen MR) is 130 cm³/mol. The molecule has 0 spiro atoms. The van der Waals surface area contributed by atoms with Crippen LogP contribution in [-0.4, -0.2) is 50.9 Å². The lowest BCUT2D eigenvalue weighted by atomic mass is 10.0. The lowest BCUT2D eigenvalue weighted by Gasteiger charge is -2.34. The molecule has 1 aromatic heterocycles. The van der Waals surface area contributed by atoms with Gasteiger partial charge in [0.2, 0.25) is 0 Å². The Morgan fingerprint density at radius 2 is 1.91 bits per heavy atom. The number of ether oxygens (including phenoxy) is 1. The van der Waals surface area contributed by atoms with Gasteiger partial charge in [-0.3, -0.25) is 4.79 Å². The van der Waals surface area contributed by atoms with E-state index in [2.05, 4.69) is 46.9 Å². The summed E-state index contributed by atoms with van der Waals surface area (Å²) < 4.78 is 5.89. The van der Waals surface area contributed by atoms with Crippen molar-refractivity contribution in [3.63, 3.8) is 0 Å². The average Bonchev–Trinajstić information content (AvgIpc) is 3.33. The zero-order valence-corrected chi connectivity index (χ0v) is 19.6. The number of aryl methyl sites for hydroxylation is 1. The zero-order chi connectivity index (χ0) is 23.2. The summed E-state index contributed by atoms with van der Waals surface area (Å²) in [6, 6.07) is 10.6. The Balaban J connectivity index is 1.58. The van der Waals surface area contributed by atoms with Crippen LogP contribution in [-0.2, 0) is 11.2 Å². The second kappa shape index (κ2) is 10.5. The highest BCUT2D eigenvalue weighted by Gasteiger charge is 2.35. The van der Waals surface area contributed by atoms with Crippen LogP contribution in [0.25, 0.3) is 5.57 Å². The van der Waals surface area contributed by atoms with Crippen molar-refractivity contribution in [2.45, 2.75) is 52.1 Å². The molecule has 3 heterocycles. The normalized spacial score (nSPS) is 20.7. The molecule has 2 atom stereocenters. The molecule has 1 saturated heterocycles. The summed E-state index contributed by atoms with van der Waals surface area (Å²) in [5.74, 6) is 0.0384. The smallest absolute Gasteiger partial charge is 0.316 e. The zero-order valence-electron chi connectivity index (χ0n) is 19.6. The Labute approximate surface area is 196 Å². The van der Waals surface area contributed by atoms with Gasteiger partial charge in [0.25, 0.3) is 5.91 Å². The summed E-state index contributed by atoms with van der Waals surface area (Å²) in [7, 11) is 0.